The molecule has 4 nitrogen and oxygen atoms in total. The van der Waals surface area contributed by atoms with Crippen molar-refractivity contribution in [2.75, 3.05) is 19.6 Å². The zero-order chi connectivity index (χ0) is 15.8. The van der Waals surface area contributed by atoms with Crippen LogP contribution in [0.3, 0.4) is 0 Å². The maximum Gasteiger partial charge on any atom is 0.252 e. The second kappa shape index (κ2) is 8.67. The molecular formula is C16H23ClN2O2. The number of nitrogens with one attached hydrogen (secondary N) is 1. The molecule has 0 fully saturated rings. The first-order valence-corrected chi connectivity index (χ1v) is 7.58. The summed E-state index contributed by atoms with van der Waals surface area (Å²) in [7, 11) is 0. The molecule has 1 aromatic carbocycles. The first kappa shape index (κ1) is 17.5. The number of amides is 2. The lowest BCUT2D eigenvalue weighted by molar-refractivity contribution is -0.128. The Labute approximate surface area is 131 Å². The Kier molecular flexibility index (Phi) is 7.23. The second-order valence-corrected chi connectivity index (χ2v) is 5.83. The molecule has 21 heavy (non-hydrogen) atoms. The second-order valence-electron chi connectivity index (χ2n) is 5.42. The summed E-state index contributed by atoms with van der Waals surface area (Å²) in [4.78, 5) is 25.3. The van der Waals surface area contributed by atoms with Crippen molar-refractivity contribution in [3.63, 3.8) is 0 Å². The molecule has 0 aromatic heterocycles. The van der Waals surface area contributed by atoms with E-state index in [2.05, 4.69) is 19.2 Å². The van der Waals surface area contributed by atoms with Gasteiger partial charge in [-0.15, -0.1) is 0 Å². The Morgan fingerprint density at radius 1 is 1.24 bits per heavy atom. The Morgan fingerprint density at radius 3 is 2.48 bits per heavy atom. The maximum absolute atomic E-state index is 12.0. The van der Waals surface area contributed by atoms with E-state index < -0.39 is 0 Å². The minimum absolute atomic E-state index is 0.0302. The van der Waals surface area contributed by atoms with Crippen LogP contribution in [0, 0.1) is 5.92 Å². The predicted octanol–water partition coefficient (Wildman–Crippen LogP) is 2.96. The molecule has 0 radical (unpaired) electrons. The summed E-state index contributed by atoms with van der Waals surface area (Å²) in [5.41, 5.74) is 0.454. The number of halogens is 1. The van der Waals surface area contributed by atoms with Crippen LogP contribution in [0.4, 0.5) is 0 Å². The van der Waals surface area contributed by atoms with Gasteiger partial charge in [-0.1, -0.05) is 37.6 Å². The molecular weight excluding hydrogens is 288 g/mol. The Balaban J connectivity index is 2.45. The first-order valence-electron chi connectivity index (χ1n) is 7.20. The molecule has 0 atom stereocenters. The molecule has 0 saturated heterocycles. The Hall–Kier alpha value is -1.55. The van der Waals surface area contributed by atoms with E-state index in [1.807, 2.05) is 0 Å². The van der Waals surface area contributed by atoms with Crippen LogP contribution in [0.25, 0.3) is 0 Å². The van der Waals surface area contributed by atoms with E-state index in [0.717, 1.165) is 13.0 Å². The van der Waals surface area contributed by atoms with Crippen LogP contribution in [0.5, 0.6) is 0 Å². The lowest BCUT2D eigenvalue weighted by atomic mass is 10.1. The smallest absolute Gasteiger partial charge is 0.252 e. The monoisotopic (exact) mass is 310 g/mol. The molecule has 0 bridgehead atoms. The van der Waals surface area contributed by atoms with E-state index in [-0.39, 0.29) is 11.8 Å². The largest absolute Gasteiger partial charge is 0.350 e. The molecule has 0 aliphatic carbocycles. The van der Waals surface area contributed by atoms with E-state index in [9.17, 15) is 9.59 Å². The fourth-order valence-electron chi connectivity index (χ4n) is 1.89. The van der Waals surface area contributed by atoms with Crippen LogP contribution in [0.1, 0.15) is 37.6 Å². The van der Waals surface area contributed by atoms with Crippen LogP contribution in [-0.4, -0.2) is 36.3 Å². The summed E-state index contributed by atoms with van der Waals surface area (Å²) in [6.45, 7) is 7.44. The minimum Gasteiger partial charge on any atom is -0.350 e. The summed E-state index contributed by atoms with van der Waals surface area (Å²) in [6.07, 6.45) is 0.956. The van der Waals surface area contributed by atoms with Gasteiger partial charge in [0.25, 0.3) is 5.91 Å². The SMILES string of the molecule is CC(=O)N(CCNC(=O)c1ccccc1Cl)CCC(C)C. The highest BCUT2D eigenvalue weighted by atomic mass is 35.5. The summed E-state index contributed by atoms with van der Waals surface area (Å²) in [5, 5.41) is 3.22. The van der Waals surface area contributed by atoms with Gasteiger partial charge in [-0.2, -0.15) is 0 Å². The lowest BCUT2D eigenvalue weighted by Crippen LogP contribution is -2.38. The number of carbonyl (C=O) groups excluding carboxylic acids is 2. The fourth-order valence-corrected chi connectivity index (χ4v) is 2.11. The average Bonchev–Trinajstić information content (AvgIpc) is 2.42. The van der Waals surface area contributed by atoms with Crippen LogP contribution >= 0.6 is 11.6 Å². The van der Waals surface area contributed by atoms with Gasteiger partial charge in [-0.3, -0.25) is 9.59 Å². The van der Waals surface area contributed by atoms with Gasteiger partial charge in [0.05, 0.1) is 10.6 Å². The third kappa shape index (κ3) is 6.17. The summed E-state index contributed by atoms with van der Waals surface area (Å²) in [5.74, 6) is 0.361. The van der Waals surface area contributed by atoms with Gasteiger partial charge in [0.15, 0.2) is 0 Å². The van der Waals surface area contributed by atoms with Gasteiger partial charge in [-0.25, -0.2) is 0 Å². The van der Waals surface area contributed by atoms with Crippen molar-refractivity contribution in [3.8, 4) is 0 Å². The van der Waals surface area contributed by atoms with E-state index in [4.69, 9.17) is 11.6 Å². The standard InChI is InChI=1S/C16H23ClN2O2/c1-12(2)8-10-19(13(3)20)11-9-18-16(21)14-6-4-5-7-15(14)17/h4-7,12H,8-11H2,1-3H3,(H,18,21). The van der Waals surface area contributed by atoms with Crippen molar-refractivity contribution < 1.29 is 9.59 Å². The summed E-state index contributed by atoms with van der Waals surface area (Å²) in [6, 6.07) is 6.91. The Bertz CT molecular complexity index is 489. The molecule has 0 unspecified atom stereocenters. The molecule has 0 aliphatic heterocycles. The fraction of sp³-hybridized carbons (Fsp3) is 0.500. The normalized spacial score (nSPS) is 10.5. The molecule has 5 heteroatoms. The van der Waals surface area contributed by atoms with Crippen molar-refractivity contribution in [2.24, 2.45) is 5.92 Å². The van der Waals surface area contributed by atoms with Crippen LogP contribution in [0.15, 0.2) is 24.3 Å². The molecule has 116 valence electrons. The highest BCUT2D eigenvalue weighted by molar-refractivity contribution is 6.33. The van der Waals surface area contributed by atoms with Crippen molar-refractivity contribution in [1.82, 2.24) is 10.2 Å². The molecule has 1 aromatic rings. The van der Waals surface area contributed by atoms with Gasteiger partial charge in [0, 0.05) is 26.6 Å². The van der Waals surface area contributed by atoms with Crippen molar-refractivity contribution in [3.05, 3.63) is 34.9 Å². The molecule has 0 aliphatic rings. The van der Waals surface area contributed by atoms with Crippen LogP contribution in [0.2, 0.25) is 5.02 Å². The van der Waals surface area contributed by atoms with Crippen LogP contribution < -0.4 is 5.32 Å². The third-order valence-electron chi connectivity index (χ3n) is 3.21. The number of benzene rings is 1. The van der Waals surface area contributed by atoms with Crippen LogP contribution in [-0.2, 0) is 4.79 Å². The van der Waals surface area contributed by atoms with Crippen molar-refractivity contribution >= 4 is 23.4 Å². The molecule has 1 N–H and O–H groups in total. The van der Waals surface area contributed by atoms with Gasteiger partial charge in [0.2, 0.25) is 5.91 Å². The molecule has 0 saturated carbocycles. The molecule has 0 heterocycles. The maximum atomic E-state index is 12.0. The van der Waals surface area contributed by atoms with E-state index in [1.54, 1.807) is 36.1 Å². The number of nitrogens with zero attached hydrogens (tertiary/aromatic N) is 1. The minimum atomic E-state index is -0.215. The summed E-state index contributed by atoms with van der Waals surface area (Å²) < 4.78 is 0. The topological polar surface area (TPSA) is 49.4 Å². The van der Waals surface area contributed by atoms with E-state index in [1.165, 1.54) is 0 Å². The number of rotatable bonds is 7. The predicted molar refractivity (Wildman–Crippen MR) is 85.5 cm³/mol. The number of hydrogen-bond donors (Lipinski definition) is 1. The third-order valence-corrected chi connectivity index (χ3v) is 3.54. The zero-order valence-electron chi connectivity index (χ0n) is 12.9. The van der Waals surface area contributed by atoms with Gasteiger partial charge >= 0.3 is 0 Å². The highest BCUT2D eigenvalue weighted by Crippen LogP contribution is 2.14. The average molecular weight is 311 g/mol. The quantitative estimate of drug-likeness (QED) is 0.841. The lowest BCUT2D eigenvalue weighted by Gasteiger charge is -2.22. The number of hydrogen-bond acceptors (Lipinski definition) is 2. The summed E-state index contributed by atoms with van der Waals surface area (Å²) >= 11 is 5.97. The van der Waals surface area contributed by atoms with Gasteiger partial charge < -0.3 is 10.2 Å². The molecule has 0 spiro atoms. The number of carbonyl (C=O) groups is 2. The van der Waals surface area contributed by atoms with Gasteiger partial charge in [0.1, 0.15) is 0 Å². The van der Waals surface area contributed by atoms with E-state index in [0.29, 0.717) is 29.6 Å². The van der Waals surface area contributed by atoms with Crippen molar-refractivity contribution in [2.45, 2.75) is 27.2 Å². The van der Waals surface area contributed by atoms with Crippen molar-refractivity contribution in [1.29, 1.82) is 0 Å². The zero-order valence-corrected chi connectivity index (χ0v) is 13.6. The molecule has 1 rings (SSSR count). The Morgan fingerprint density at radius 2 is 1.90 bits per heavy atom. The highest BCUT2D eigenvalue weighted by Gasteiger charge is 2.12. The van der Waals surface area contributed by atoms with E-state index >= 15 is 0 Å². The first-order chi connectivity index (χ1) is 9.91. The molecule has 2 amide bonds. The van der Waals surface area contributed by atoms with Gasteiger partial charge in [-0.05, 0) is 24.5 Å².